The second-order valence-electron chi connectivity index (χ2n) is 4.25. The summed E-state index contributed by atoms with van der Waals surface area (Å²) in [6, 6.07) is 6.54. The van der Waals surface area contributed by atoms with Crippen LogP contribution in [0.1, 0.15) is 10.4 Å². The van der Waals surface area contributed by atoms with Gasteiger partial charge in [-0.05, 0) is 40.2 Å². The fourth-order valence-electron chi connectivity index (χ4n) is 1.71. The Labute approximate surface area is 128 Å². The molecule has 1 amide bonds. The SMILES string of the molecule is CNC(=O)c1ccc(N)c(Nc2cc(F)c(Br)cc2F)c1. The van der Waals surface area contributed by atoms with Gasteiger partial charge < -0.3 is 16.4 Å². The molecule has 0 aliphatic rings. The number of anilines is 3. The van der Waals surface area contributed by atoms with Crippen molar-refractivity contribution in [2.45, 2.75) is 0 Å². The van der Waals surface area contributed by atoms with Crippen molar-refractivity contribution in [3.8, 4) is 0 Å². The number of hydrogen-bond acceptors (Lipinski definition) is 3. The van der Waals surface area contributed by atoms with Crippen molar-refractivity contribution in [2.75, 3.05) is 18.1 Å². The molecule has 0 unspecified atom stereocenters. The van der Waals surface area contributed by atoms with E-state index in [-0.39, 0.29) is 16.1 Å². The number of halogens is 3. The molecule has 2 aromatic rings. The highest BCUT2D eigenvalue weighted by Gasteiger charge is 2.11. The Morgan fingerprint density at radius 1 is 1.14 bits per heavy atom. The summed E-state index contributed by atoms with van der Waals surface area (Å²) in [6.07, 6.45) is 0. The molecule has 2 rings (SSSR count). The normalized spacial score (nSPS) is 10.3. The molecule has 0 bridgehead atoms. The second-order valence-corrected chi connectivity index (χ2v) is 5.11. The quantitative estimate of drug-likeness (QED) is 0.583. The van der Waals surface area contributed by atoms with E-state index in [0.717, 1.165) is 12.1 Å². The van der Waals surface area contributed by atoms with Gasteiger partial charge in [-0.15, -0.1) is 0 Å². The molecule has 0 fully saturated rings. The number of nitrogens with one attached hydrogen (secondary N) is 2. The van der Waals surface area contributed by atoms with Gasteiger partial charge in [-0.25, -0.2) is 8.78 Å². The van der Waals surface area contributed by atoms with Crippen molar-refractivity contribution in [2.24, 2.45) is 0 Å². The highest BCUT2D eigenvalue weighted by atomic mass is 79.9. The Hall–Kier alpha value is -2.15. The highest BCUT2D eigenvalue weighted by Crippen LogP contribution is 2.29. The Balaban J connectivity index is 2.39. The summed E-state index contributed by atoms with van der Waals surface area (Å²) in [5.74, 6) is -1.56. The van der Waals surface area contributed by atoms with E-state index < -0.39 is 11.6 Å². The first-order valence-electron chi connectivity index (χ1n) is 5.95. The van der Waals surface area contributed by atoms with Crippen LogP contribution < -0.4 is 16.4 Å². The number of carbonyl (C=O) groups excluding carboxylic acids is 1. The van der Waals surface area contributed by atoms with Gasteiger partial charge in [0.25, 0.3) is 5.91 Å². The van der Waals surface area contributed by atoms with E-state index in [0.29, 0.717) is 16.9 Å². The Kier molecular flexibility index (Phi) is 4.42. The number of carbonyl (C=O) groups is 1. The van der Waals surface area contributed by atoms with Crippen LogP contribution in [0.3, 0.4) is 0 Å². The van der Waals surface area contributed by atoms with Crippen molar-refractivity contribution < 1.29 is 13.6 Å². The van der Waals surface area contributed by atoms with Crippen LogP contribution in [0.15, 0.2) is 34.8 Å². The maximum absolute atomic E-state index is 13.8. The maximum atomic E-state index is 13.8. The fraction of sp³-hybridized carbons (Fsp3) is 0.0714. The largest absolute Gasteiger partial charge is 0.397 e. The molecule has 2 aromatic carbocycles. The predicted octanol–water partition coefficient (Wildman–Crippen LogP) is 3.41. The zero-order valence-corrected chi connectivity index (χ0v) is 12.6. The molecule has 0 heterocycles. The average molecular weight is 356 g/mol. The van der Waals surface area contributed by atoms with Crippen molar-refractivity contribution in [1.29, 1.82) is 0 Å². The first-order valence-corrected chi connectivity index (χ1v) is 6.75. The maximum Gasteiger partial charge on any atom is 0.251 e. The molecule has 0 saturated heterocycles. The zero-order chi connectivity index (χ0) is 15.6. The summed E-state index contributed by atoms with van der Waals surface area (Å²) < 4.78 is 27.3. The molecule has 0 aliphatic carbocycles. The van der Waals surface area contributed by atoms with Crippen molar-refractivity contribution in [3.63, 3.8) is 0 Å². The Bertz CT molecular complexity index is 707. The van der Waals surface area contributed by atoms with Gasteiger partial charge in [-0.3, -0.25) is 4.79 Å². The minimum atomic E-state index is -0.645. The summed E-state index contributed by atoms with van der Waals surface area (Å²) in [5.41, 5.74) is 6.69. The number of nitrogen functional groups attached to an aromatic ring is 1. The Morgan fingerprint density at radius 3 is 2.52 bits per heavy atom. The van der Waals surface area contributed by atoms with E-state index in [9.17, 15) is 13.6 Å². The van der Waals surface area contributed by atoms with Gasteiger partial charge in [0.05, 0.1) is 21.5 Å². The summed E-state index contributed by atoms with van der Waals surface area (Å²) in [5, 5.41) is 5.16. The van der Waals surface area contributed by atoms with Gasteiger partial charge in [0.15, 0.2) is 0 Å². The zero-order valence-electron chi connectivity index (χ0n) is 11.0. The summed E-state index contributed by atoms with van der Waals surface area (Å²) in [4.78, 5) is 11.6. The topological polar surface area (TPSA) is 67.2 Å². The lowest BCUT2D eigenvalue weighted by Gasteiger charge is -2.12. The van der Waals surface area contributed by atoms with Crippen LogP contribution in [0.2, 0.25) is 0 Å². The van der Waals surface area contributed by atoms with Gasteiger partial charge in [-0.1, -0.05) is 0 Å². The molecule has 4 N–H and O–H groups in total. The smallest absolute Gasteiger partial charge is 0.251 e. The van der Waals surface area contributed by atoms with Crippen LogP contribution in [-0.4, -0.2) is 13.0 Å². The number of nitrogens with two attached hydrogens (primary N) is 1. The van der Waals surface area contributed by atoms with E-state index in [1.54, 1.807) is 0 Å². The van der Waals surface area contributed by atoms with Crippen molar-refractivity contribution >= 4 is 38.9 Å². The van der Waals surface area contributed by atoms with Crippen LogP contribution in [-0.2, 0) is 0 Å². The molecule has 0 atom stereocenters. The molecule has 110 valence electrons. The standard InChI is InChI=1S/C14H12BrF2N3O/c1-19-14(21)7-2-3-11(18)13(4-7)20-12-6-9(16)8(15)5-10(12)17/h2-6,20H,18H2,1H3,(H,19,21). The van der Waals surface area contributed by atoms with Gasteiger partial charge in [0.1, 0.15) is 11.6 Å². The molecule has 4 nitrogen and oxygen atoms in total. The third-order valence-corrected chi connectivity index (χ3v) is 3.43. The lowest BCUT2D eigenvalue weighted by molar-refractivity contribution is 0.0963. The minimum Gasteiger partial charge on any atom is -0.397 e. The van der Waals surface area contributed by atoms with Crippen LogP contribution in [0.25, 0.3) is 0 Å². The van der Waals surface area contributed by atoms with E-state index in [2.05, 4.69) is 26.6 Å². The number of benzene rings is 2. The number of amides is 1. The van der Waals surface area contributed by atoms with Crippen LogP contribution in [0, 0.1) is 11.6 Å². The van der Waals surface area contributed by atoms with E-state index in [4.69, 9.17) is 5.73 Å². The third-order valence-electron chi connectivity index (χ3n) is 2.82. The van der Waals surface area contributed by atoms with Gasteiger partial charge >= 0.3 is 0 Å². The van der Waals surface area contributed by atoms with Crippen molar-refractivity contribution in [3.05, 3.63) is 52.0 Å². The summed E-state index contributed by atoms with van der Waals surface area (Å²) in [7, 11) is 1.50. The molecule has 0 aliphatic heterocycles. The van der Waals surface area contributed by atoms with E-state index in [1.807, 2.05) is 0 Å². The number of rotatable bonds is 3. The van der Waals surface area contributed by atoms with E-state index in [1.165, 1.54) is 25.2 Å². The first-order chi connectivity index (χ1) is 9.92. The summed E-state index contributed by atoms with van der Waals surface area (Å²) in [6.45, 7) is 0. The lowest BCUT2D eigenvalue weighted by Crippen LogP contribution is -2.18. The van der Waals surface area contributed by atoms with Crippen LogP contribution in [0.4, 0.5) is 25.8 Å². The molecule has 0 spiro atoms. The molecular formula is C14H12BrF2N3O. The second kappa shape index (κ2) is 6.09. The minimum absolute atomic E-state index is 0.0256. The van der Waals surface area contributed by atoms with Crippen LogP contribution in [0.5, 0.6) is 0 Å². The van der Waals surface area contributed by atoms with Crippen molar-refractivity contribution in [1.82, 2.24) is 5.32 Å². The summed E-state index contributed by atoms with van der Waals surface area (Å²) >= 11 is 2.90. The molecule has 0 aromatic heterocycles. The lowest BCUT2D eigenvalue weighted by atomic mass is 10.1. The third kappa shape index (κ3) is 3.30. The average Bonchev–Trinajstić information content (AvgIpc) is 2.46. The molecule has 7 heteroatoms. The molecule has 0 saturated carbocycles. The Morgan fingerprint density at radius 2 is 1.86 bits per heavy atom. The van der Waals surface area contributed by atoms with Gasteiger partial charge in [-0.2, -0.15) is 0 Å². The monoisotopic (exact) mass is 355 g/mol. The first kappa shape index (κ1) is 15.2. The number of hydrogen-bond donors (Lipinski definition) is 3. The fourth-order valence-corrected chi connectivity index (χ4v) is 2.03. The molecule has 0 radical (unpaired) electrons. The van der Waals surface area contributed by atoms with Gasteiger partial charge in [0, 0.05) is 18.7 Å². The predicted molar refractivity (Wildman–Crippen MR) is 81.6 cm³/mol. The highest BCUT2D eigenvalue weighted by molar-refractivity contribution is 9.10. The van der Waals surface area contributed by atoms with Crippen LogP contribution >= 0.6 is 15.9 Å². The van der Waals surface area contributed by atoms with Gasteiger partial charge in [0.2, 0.25) is 0 Å². The van der Waals surface area contributed by atoms with E-state index >= 15 is 0 Å². The molecule has 21 heavy (non-hydrogen) atoms. The molecular weight excluding hydrogens is 344 g/mol.